The molecule has 82 valence electrons. The Kier molecular flexibility index (Phi) is 8.34. The van der Waals surface area contributed by atoms with Gasteiger partial charge < -0.3 is 10.6 Å². The maximum Gasteiger partial charge on any atom is 0.00675 e. The summed E-state index contributed by atoms with van der Waals surface area (Å²) in [6, 6.07) is 0. The lowest BCUT2D eigenvalue weighted by Gasteiger charge is -2.10. The van der Waals surface area contributed by atoms with Gasteiger partial charge in [0.25, 0.3) is 0 Å². The van der Waals surface area contributed by atoms with Crippen molar-refractivity contribution < 1.29 is 0 Å². The molecular formula is C12H24N2. The summed E-state index contributed by atoms with van der Waals surface area (Å²) in [5.74, 6) is 0. The van der Waals surface area contributed by atoms with Gasteiger partial charge in [0.1, 0.15) is 0 Å². The topological polar surface area (TPSA) is 24.1 Å². The molecule has 0 rings (SSSR count). The Balaban J connectivity index is 4.11. The van der Waals surface area contributed by atoms with Crippen LogP contribution in [-0.2, 0) is 0 Å². The molecule has 0 amide bonds. The first-order valence-corrected chi connectivity index (χ1v) is 5.38. The van der Waals surface area contributed by atoms with Gasteiger partial charge >= 0.3 is 0 Å². The second-order valence-corrected chi connectivity index (χ2v) is 3.46. The monoisotopic (exact) mass is 196 g/mol. The summed E-state index contributed by atoms with van der Waals surface area (Å²) < 4.78 is 0. The van der Waals surface area contributed by atoms with Crippen molar-refractivity contribution in [3.63, 3.8) is 0 Å². The summed E-state index contributed by atoms with van der Waals surface area (Å²) in [5, 5.41) is 6.40. The summed E-state index contributed by atoms with van der Waals surface area (Å²) in [5.41, 5.74) is 2.83. The van der Waals surface area contributed by atoms with Crippen LogP contribution in [0.4, 0.5) is 0 Å². The molecule has 2 nitrogen and oxygen atoms in total. The summed E-state index contributed by atoms with van der Waals surface area (Å²) >= 11 is 0. The molecule has 0 aliphatic rings. The first-order chi connectivity index (χ1) is 6.76. The number of rotatable bonds is 7. The van der Waals surface area contributed by atoms with Gasteiger partial charge in [-0.25, -0.2) is 0 Å². The van der Waals surface area contributed by atoms with E-state index in [0.717, 1.165) is 13.0 Å². The molecule has 14 heavy (non-hydrogen) atoms. The smallest absolute Gasteiger partial charge is 0.00675 e. The van der Waals surface area contributed by atoms with E-state index >= 15 is 0 Å². The van der Waals surface area contributed by atoms with Crippen LogP contribution in [0.15, 0.2) is 23.4 Å². The molecule has 0 aromatic heterocycles. The van der Waals surface area contributed by atoms with E-state index in [4.69, 9.17) is 0 Å². The van der Waals surface area contributed by atoms with Crippen molar-refractivity contribution in [2.24, 2.45) is 0 Å². The van der Waals surface area contributed by atoms with Gasteiger partial charge in [-0.05, 0) is 52.3 Å². The molecule has 0 aromatic carbocycles. The van der Waals surface area contributed by atoms with E-state index in [1.165, 1.54) is 24.1 Å². The van der Waals surface area contributed by atoms with Crippen LogP contribution in [0.2, 0.25) is 0 Å². The van der Waals surface area contributed by atoms with Crippen molar-refractivity contribution in [2.75, 3.05) is 20.6 Å². The SMILES string of the molecule is C/C=C/C/C(CCCNC)=C(\C)NC. The highest BCUT2D eigenvalue weighted by Crippen LogP contribution is 2.13. The van der Waals surface area contributed by atoms with Crippen LogP contribution in [0, 0.1) is 0 Å². The molecule has 0 heterocycles. The Morgan fingerprint density at radius 1 is 1.29 bits per heavy atom. The fraction of sp³-hybridized carbons (Fsp3) is 0.667. The van der Waals surface area contributed by atoms with Crippen molar-refractivity contribution in [2.45, 2.75) is 33.1 Å². The Morgan fingerprint density at radius 3 is 2.50 bits per heavy atom. The number of hydrogen-bond donors (Lipinski definition) is 2. The molecule has 0 spiro atoms. The largest absolute Gasteiger partial charge is 0.392 e. The average molecular weight is 196 g/mol. The van der Waals surface area contributed by atoms with Crippen LogP contribution < -0.4 is 10.6 Å². The molecule has 2 N–H and O–H groups in total. The number of nitrogens with one attached hydrogen (secondary N) is 2. The second kappa shape index (κ2) is 8.82. The Morgan fingerprint density at radius 2 is 2.00 bits per heavy atom. The van der Waals surface area contributed by atoms with E-state index in [0.29, 0.717) is 0 Å². The highest BCUT2D eigenvalue weighted by Gasteiger charge is 1.99. The van der Waals surface area contributed by atoms with Gasteiger partial charge in [-0.2, -0.15) is 0 Å². The zero-order chi connectivity index (χ0) is 10.8. The van der Waals surface area contributed by atoms with Gasteiger partial charge in [-0.15, -0.1) is 0 Å². The zero-order valence-corrected chi connectivity index (χ0v) is 9.98. The Bertz CT molecular complexity index is 192. The standard InChI is InChI=1S/C12H24N2/c1-5-6-8-12(11(2)14-4)9-7-10-13-3/h5-6,13-14H,7-10H2,1-4H3/b6-5+,12-11-. The lowest BCUT2D eigenvalue weighted by atomic mass is 10.0. The molecule has 0 radical (unpaired) electrons. The van der Waals surface area contributed by atoms with E-state index in [1.807, 2.05) is 14.1 Å². The van der Waals surface area contributed by atoms with E-state index in [-0.39, 0.29) is 0 Å². The molecule has 0 saturated carbocycles. The quantitative estimate of drug-likeness (QED) is 0.483. The van der Waals surface area contributed by atoms with Crippen LogP contribution in [0.25, 0.3) is 0 Å². The molecule has 0 bridgehead atoms. The van der Waals surface area contributed by atoms with Crippen LogP contribution in [0.1, 0.15) is 33.1 Å². The third-order valence-corrected chi connectivity index (χ3v) is 2.41. The van der Waals surface area contributed by atoms with E-state index in [9.17, 15) is 0 Å². The number of hydrogen-bond acceptors (Lipinski definition) is 2. The highest BCUT2D eigenvalue weighted by atomic mass is 14.8. The molecule has 0 aliphatic carbocycles. The van der Waals surface area contributed by atoms with Crippen LogP contribution >= 0.6 is 0 Å². The minimum Gasteiger partial charge on any atom is -0.392 e. The normalized spacial score (nSPS) is 13.1. The summed E-state index contributed by atoms with van der Waals surface area (Å²) in [6.45, 7) is 5.31. The Labute approximate surface area is 88.5 Å². The molecule has 0 aliphatic heterocycles. The first kappa shape index (κ1) is 13.2. The molecule has 0 fully saturated rings. The van der Waals surface area contributed by atoms with Crippen LogP contribution in [-0.4, -0.2) is 20.6 Å². The summed E-state index contributed by atoms with van der Waals surface area (Å²) in [4.78, 5) is 0. The van der Waals surface area contributed by atoms with Gasteiger partial charge in [0.15, 0.2) is 0 Å². The molecule has 0 unspecified atom stereocenters. The van der Waals surface area contributed by atoms with Crippen molar-refractivity contribution in [3.8, 4) is 0 Å². The van der Waals surface area contributed by atoms with Crippen LogP contribution in [0.3, 0.4) is 0 Å². The molecular weight excluding hydrogens is 172 g/mol. The molecule has 0 aromatic rings. The predicted molar refractivity (Wildman–Crippen MR) is 64.4 cm³/mol. The van der Waals surface area contributed by atoms with Gasteiger partial charge in [-0.1, -0.05) is 12.2 Å². The van der Waals surface area contributed by atoms with Crippen LogP contribution in [0.5, 0.6) is 0 Å². The lowest BCUT2D eigenvalue weighted by Crippen LogP contribution is -2.10. The van der Waals surface area contributed by atoms with Crippen molar-refractivity contribution in [1.82, 2.24) is 10.6 Å². The molecule has 0 saturated heterocycles. The van der Waals surface area contributed by atoms with E-state index < -0.39 is 0 Å². The minimum absolute atomic E-state index is 1.08. The Hall–Kier alpha value is -0.760. The second-order valence-electron chi connectivity index (χ2n) is 3.46. The predicted octanol–water partition coefficient (Wildman–Crippen LogP) is 2.45. The maximum absolute atomic E-state index is 3.23. The highest BCUT2D eigenvalue weighted by molar-refractivity contribution is 5.13. The van der Waals surface area contributed by atoms with E-state index in [2.05, 4.69) is 36.6 Å². The van der Waals surface area contributed by atoms with Crippen molar-refractivity contribution >= 4 is 0 Å². The fourth-order valence-electron chi connectivity index (χ4n) is 1.36. The van der Waals surface area contributed by atoms with Gasteiger partial charge in [0, 0.05) is 12.7 Å². The average Bonchev–Trinajstić information content (AvgIpc) is 2.22. The van der Waals surface area contributed by atoms with Crippen molar-refractivity contribution in [3.05, 3.63) is 23.4 Å². The fourth-order valence-corrected chi connectivity index (χ4v) is 1.36. The van der Waals surface area contributed by atoms with Crippen molar-refractivity contribution in [1.29, 1.82) is 0 Å². The first-order valence-electron chi connectivity index (χ1n) is 5.38. The summed E-state index contributed by atoms with van der Waals surface area (Å²) in [6.07, 6.45) is 7.80. The molecule has 0 atom stereocenters. The maximum atomic E-state index is 3.23. The third kappa shape index (κ3) is 5.81. The molecule has 2 heteroatoms. The van der Waals surface area contributed by atoms with Gasteiger partial charge in [-0.3, -0.25) is 0 Å². The number of allylic oxidation sites excluding steroid dienone is 4. The third-order valence-electron chi connectivity index (χ3n) is 2.41. The minimum atomic E-state index is 1.08. The van der Waals surface area contributed by atoms with Gasteiger partial charge in [0.2, 0.25) is 0 Å². The lowest BCUT2D eigenvalue weighted by molar-refractivity contribution is 0.705. The van der Waals surface area contributed by atoms with Gasteiger partial charge in [0.05, 0.1) is 0 Å². The van der Waals surface area contributed by atoms with E-state index in [1.54, 1.807) is 0 Å². The zero-order valence-electron chi connectivity index (χ0n) is 9.98. The summed E-state index contributed by atoms with van der Waals surface area (Å²) in [7, 11) is 3.99.